The summed E-state index contributed by atoms with van der Waals surface area (Å²) in [6, 6.07) is 18.3. The first kappa shape index (κ1) is 26.7. The highest BCUT2D eigenvalue weighted by Gasteiger charge is 2.28. The number of halogens is 3. The summed E-state index contributed by atoms with van der Waals surface area (Å²) in [6.45, 7) is 1.82. The Hall–Kier alpha value is -1.90. The zero-order valence-electron chi connectivity index (χ0n) is 18.3. The molecule has 0 spiro atoms. The van der Waals surface area contributed by atoms with Crippen molar-refractivity contribution >= 4 is 68.2 Å². The number of anilines is 1. The van der Waals surface area contributed by atoms with E-state index < -0.39 is 22.5 Å². The maximum absolute atomic E-state index is 13.4. The molecule has 0 unspecified atom stereocenters. The van der Waals surface area contributed by atoms with Gasteiger partial charge in [-0.1, -0.05) is 70.7 Å². The topological polar surface area (TPSA) is 66.5 Å². The lowest BCUT2D eigenvalue weighted by Crippen LogP contribution is -2.41. The van der Waals surface area contributed by atoms with Crippen LogP contribution in [0.1, 0.15) is 11.1 Å². The van der Waals surface area contributed by atoms with Crippen LogP contribution in [0.3, 0.4) is 0 Å². The zero-order valence-corrected chi connectivity index (χ0v) is 22.2. The molecule has 34 heavy (non-hydrogen) atoms. The van der Waals surface area contributed by atoms with E-state index in [2.05, 4.69) is 5.32 Å². The van der Waals surface area contributed by atoms with Gasteiger partial charge in [0, 0.05) is 28.1 Å². The van der Waals surface area contributed by atoms with Gasteiger partial charge in [-0.2, -0.15) is 11.8 Å². The van der Waals surface area contributed by atoms with Crippen LogP contribution in [-0.2, 0) is 20.6 Å². The van der Waals surface area contributed by atoms with Crippen LogP contribution >= 0.6 is 46.6 Å². The molecule has 180 valence electrons. The number of hydrogen-bond acceptors (Lipinski definition) is 4. The maximum atomic E-state index is 13.4. The summed E-state index contributed by atoms with van der Waals surface area (Å²) in [5.74, 6) is 0.762. The molecule has 0 aliphatic rings. The zero-order chi connectivity index (χ0) is 24.7. The fourth-order valence-corrected chi connectivity index (χ4v) is 6.41. The van der Waals surface area contributed by atoms with Gasteiger partial charge in [-0.25, -0.2) is 8.42 Å². The van der Waals surface area contributed by atoms with E-state index >= 15 is 0 Å². The number of sulfonamides is 1. The number of amides is 1. The minimum absolute atomic E-state index is 0.0815. The van der Waals surface area contributed by atoms with Crippen LogP contribution in [0.15, 0.2) is 71.6 Å². The molecule has 3 aromatic carbocycles. The lowest BCUT2D eigenvalue weighted by Gasteiger charge is -2.25. The van der Waals surface area contributed by atoms with Crippen molar-refractivity contribution in [3.8, 4) is 0 Å². The highest BCUT2D eigenvalue weighted by Crippen LogP contribution is 2.30. The molecule has 0 atom stereocenters. The summed E-state index contributed by atoms with van der Waals surface area (Å²) < 4.78 is 27.8. The number of carbonyl (C=O) groups excluding carboxylic acids is 1. The number of rotatable bonds is 10. The smallest absolute Gasteiger partial charge is 0.264 e. The van der Waals surface area contributed by atoms with Gasteiger partial charge in [0.05, 0.1) is 15.6 Å². The monoisotopic (exact) mass is 556 g/mol. The molecule has 1 amide bonds. The normalized spacial score (nSPS) is 11.3. The highest BCUT2D eigenvalue weighted by molar-refractivity contribution is 7.98. The molecule has 0 aliphatic carbocycles. The molecule has 1 N–H and O–H groups in total. The van der Waals surface area contributed by atoms with Crippen LogP contribution in [0.4, 0.5) is 5.69 Å². The minimum atomic E-state index is -4.02. The van der Waals surface area contributed by atoms with Gasteiger partial charge in [0.1, 0.15) is 6.54 Å². The van der Waals surface area contributed by atoms with Gasteiger partial charge in [-0.05, 0) is 48.9 Å². The van der Waals surface area contributed by atoms with Crippen LogP contribution in [0.2, 0.25) is 15.1 Å². The molecule has 10 heteroatoms. The lowest BCUT2D eigenvalue weighted by atomic mass is 10.2. The predicted molar refractivity (Wildman–Crippen MR) is 143 cm³/mol. The molecule has 0 fully saturated rings. The Bertz CT molecular complexity index is 1230. The number of para-hydroxylation sites is 1. The van der Waals surface area contributed by atoms with E-state index in [-0.39, 0.29) is 15.6 Å². The Balaban J connectivity index is 1.66. The van der Waals surface area contributed by atoms with Crippen molar-refractivity contribution in [2.24, 2.45) is 0 Å². The van der Waals surface area contributed by atoms with Gasteiger partial charge in [-0.3, -0.25) is 9.10 Å². The van der Waals surface area contributed by atoms with E-state index in [9.17, 15) is 13.2 Å². The summed E-state index contributed by atoms with van der Waals surface area (Å²) in [4.78, 5) is 12.8. The fourth-order valence-electron chi connectivity index (χ4n) is 3.08. The fraction of sp³-hybridized carbons (Fsp3) is 0.208. The van der Waals surface area contributed by atoms with Crippen molar-refractivity contribution in [3.05, 3.63) is 92.9 Å². The number of hydrogen-bond donors (Lipinski definition) is 1. The molecular formula is C24H23Cl3N2O3S2. The van der Waals surface area contributed by atoms with Crippen LogP contribution in [0.25, 0.3) is 0 Å². The van der Waals surface area contributed by atoms with Crippen molar-refractivity contribution in [1.29, 1.82) is 0 Å². The summed E-state index contributed by atoms with van der Waals surface area (Å²) in [7, 11) is -4.02. The van der Waals surface area contributed by atoms with Crippen LogP contribution in [-0.4, -0.2) is 33.2 Å². The summed E-state index contributed by atoms with van der Waals surface area (Å²) >= 11 is 20.2. The highest BCUT2D eigenvalue weighted by atomic mass is 35.5. The number of benzene rings is 3. The molecule has 0 radical (unpaired) electrons. The van der Waals surface area contributed by atoms with E-state index in [1.54, 1.807) is 66.4 Å². The molecule has 0 saturated heterocycles. The predicted octanol–water partition coefficient (Wildman–Crippen LogP) is 6.20. The number of nitrogens with one attached hydrogen (secondary N) is 1. The molecule has 0 aromatic heterocycles. The van der Waals surface area contributed by atoms with Crippen LogP contribution in [0.5, 0.6) is 0 Å². The van der Waals surface area contributed by atoms with Gasteiger partial charge in [0.25, 0.3) is 10.0 Å². The Morgan fingerprint density at radius 3 is 2.18 bits per heavy atom. The second-order valence-electron chi connectivity index (χ2n) is 7.38. The van der Waals surface area contributed by atoms with E-state index in [1.165, 1.54) is 12.1 Å². The quantitative estimate of drug-likeness (QED) is 0.301. The first-order valence-corrected chi connectivity index (χ1v) is 14.0. The molecule has 0 bridgehead atoms. The second kappa shape index (κ2) is 12.2. The van der Waals surface area contributed by atoms with Crippen molar-refractivity contribution < 1.29 is 13.2 Å². The van der Waals surface area contributed by atoms with Crippen LogP contribution < -0.4 is 9.62 Å². The molecule has 0 aliphatic heterocycles. The average molecular weight is 558 g/mol. The Morgan fingerprint density at radius 2 is 1.53 bits per heavy atom. The molecule has 0 saturated carbocycles. The third-order valence-corrected chi connectivity index (χ3v) is 8.68. The van der Waals surface area contributed by atoms with Gasteiger partial charge >= 0.3 is 0 Å². The molecule has 5 nitrogen and oxygen atoms in total. The van der Waals surface area contributed by atoms with E-state index in [0.717, 1.165) is 15.4 Å². The Morgan fingerprint density at radius 1 is 0.912 bits per heavy atom. The van der Waals surface area contributed by atoms with E-state index in [1.807, 2.05) is 6.92 Å². The summed E-state index contributed by atoms with van der Waals surface area (Å²) in [5.41, 5.74) is 2.01. The molecule has 0 heterocycles. The standard InChI is InChI=1S/C24H23Cl3N2O3S2/c1-17-9-11-18(12-10-17)34(31,32)29(23-8-3-2-5-22(23)27)15-24(30)28-13-14-33-16-19-20(25)6-4-7-21(19)26/h2-12H,13-16H2,1H3,(H,28,30). The number of thioether (sulfide) groups is 1. The third kappa shape index (κ3) is 6.83. The number of nitrogens with zero attached hydrogens (tertiary/aromatic N) is 1. The summed E-state index contributed by atoms with van der Waals surface area (Å²) in [5, 5.41) is 4.21. The van der Waals surface area contributed by atoms with Gasteiger partial charge in [-0.15, -0.1) is 0 Å². The van der Waals surface area contributed by atoms with Crippen molar-refractivity contribution in [2.75, 3.05) is 23.1 Å². The Kier molecular flexibility index (Phi) is 9.56. The van der Waals surface area contributed by atoms with Crippen LogP contribution in [0, 0.1) is 6.92 Å². The maximum Gasteiger partial charge on any atom is 0.264 e. The Labute approximate surface area is 219 Å². The van der Waals surface area contributed by atoms with E-state index in [0.29, 0.717) is 28.1 Å². The van der Waals surface area contributed by atoms with Gasteiger partial charge in [0.15, 0.2) is 0 Å². The molecule has 3 aromatic rings. The average Bonchev–Trinajstić information content (AvgIpc) is 2.80. The first-order chi connectivity index (χ1) is 16.2. The van der Waals surface area contributed by atoms with E-state index in [4.69, 9.17) is 34.8 Å². The molecule has 3 rings (SSSR count). The first-order valence-electron chi connectivity index (χ1n) is 10.3. The molecular weight excluding hydrogens is 535 g/mol. The number of carbonyl (C=O) groups is 1. The second-order valence-corrected chi connectivity index (χ2v) is 11.6. The number of aryl methyl sites for hydroxylation is 1. The lowest BCUT2D eigenvalue weighted by molar-refractivity contribution is -0.119. The van der Waals surface area contributed by atoms with Gasteiger partial charge in [0.2, 0.25) is 5.91 Å². The largest absolute Gasteiger partial charge is 0.354 e. The minimum Gasteiger partial charge on any atom is -0.354 e. The van der Waals surface area contributed by atoms with Gasteiger partial charge < -0.3 is 5.32 Å². The SMILES string of the molecule is Cc1ccc(S(=O)(=O)N(CC(=O)NCCSCc2c(Cl)cccc2Cl)c2ccccc2Cl)cc1. The van der Waals surface area contributed by atoms with Crippen molar-refractivity contribution in [2.45, 2.75) is 17.6 Å². The van der Waals surface area contributed by atoms with Crippen molar-refractivity contribution in [1.82, 2.24) is 5.32 Å². The third-order valence-electron chi connectivity index (χ3n) is 4.89. The summed E-state index contributed by atoms with van der Waals surface area (Å²) in [6.07, 6.45) is 0. The van der Waals surface area contributed by atoms with Crippen molar-refractivity contribution in [3.63, 3.8) is 0 Å².